The Labute approximate surface area is 160 Å². The van der Waals surface area contributed by atoms with Gasteiger partial charge in [0.05, 0.1) is 11.8 Å². The van der Waals surface area contributed by atoms with Crippen molar-refractivity contribution in [3.8, 4) is 0 Å². The molecule has 1 amide bonds. The minimum atomic E-state index is -3.52. The van der Waals surface area contributed by atoms with E-state index in [1.807, 2.05) is 24.3 Å². The van der Waals surface area contributed by atoms with E-state index in [2.05, 4.69) is 13.8 Å². The van der Waals surface area contributed by atoms with Gasteiger partial charge in [0, 0.05) is 16.4 Å². The molecule has 1 saturated heterocycles. The van der Waals surface area contributed by atoms with Crippen molar-refractivity contribution < 1.29 is 13.2 Å². The van der Waals surface area contributed by atoms with E-state index in [4.69, 9.17) is 11.6 Å². The van der Waals surface area contributed by atoms with Crippen LogP contribution in [-0.2, 0) is 14.8 Å². The Balaban J connectivity index is 1.44. The van der Waals surface area contributed by atoms with Crippen LogP contribution in [0.5, 0.6) is 0 Å². The van der Waals surface area contributed by atoms with Crippen molar-refractivity contribution in [3.05, 3.63) is 34.9 Å². The molecule has 0 N–H and O–H groups in total. The summed E-state index contributed by atoms with van der Waals surface area (Å²) in [6.07, 6.45) is 3.61. The van der Waals surface area contributed by atoms with Gasteiger partial charge in [0.15, 0.2) is 0 Å². The molecule has 3 saturated carbocycles. The zero-order valence-electron chi connectivity index (χ0n) is 15.1. The third-order valence-electron chi connectivity index (χ3n) is 8.03. The van der Waals surface area contributed by atoms with Crippen molar-refractivity contribution in [2.24, 2.45) is 22.7 Å². The maximum absolute atomic E-state index is 13.2. The fourth-order valence-electron chi connectivity index (χ4n) is 6.29. The zero-order chi connectivity index (χ0) is 18.5. The Morgan fingerprint density at radius 1 is 1.19 bits per heavy atom. The van der Waals surface area contributed by atoms with Gasteiger partial charge in [-0.2, -0.15) is 0 Å². The van der Waals surface area contributed by atoms with Crippen LogP contribution in [0.4, 0.5) is 0 Å². The molecular formula is C20H24ClNO3S. The van der Waals surface area contributed by atoms with Crippen LogP contribution in [0.1, 0.15) is 51.0 Å². The van der Waals surface area contributed by atoms with E-state index >= 15 is 0 Å². The highest BCUT2D eigenvalue weighted by Gasteiger charge is 2.73. The highest BCUT2D eigenvalue weighted by atomic mass is 35.5. The molecule has 5 atom stereocenters. The first-order valence-electron chi connectivity index (χ1n) is 9.49. The number of benzene rings is 1. The molecule has 0 radical (unpaired) electrons. The normalized spacial score (nSPS) is 41.3. The number of rotatable bonds is 2. The minimum absolute atomic E-state index is 0.00109. The van der Waals surface area contributed by atoms with Crippen LogP contribution in [0, 0.1) is 22.7 Å². The summed E-state index contributed by atoms with van der Waals surface area (Å²) in [6, 6.07) is 7.43. The topological polar surface area (TPSA) is 54.5 Å². The fourth-order valence-corrected chi connectivity index (χ4v) is 9.00. The Bertz CT molecular complexity index is 894. The smallest absolute Gasteiger partial charge is 0.240 e. The predicted molar refractivity (Wildman–Crippen MR) is 100 cm³/mol. The maximum Gasteiger partial charge on any atom is 0.240 e. The lowest BCUT2D eigenvalue weighted by Gasteiger charge is -2.37. The number of sulfonamides is 1. The number of hydrogen-bond acceptors (Lipinski definition) is 3. The van der Waals surface area contributed by atoms with Gasteiger partial charge in [-0.3, -0.25) is 4.79 Å². The molecular weight excluding hydrogens is 370 g/mol. The standard InChI is InChI=1S/C20H24ClNO3S/c1-19(2)13-7-8-20(19)11-26(24,25)22(17(20)9-13)18(23)16-10-15(16)12-3-5-14(21)6-4-12/h3-6,13,15-17H,7-11H2,1-2H3/t13?,15-,16+,17?,20-/m1/s1. The monoisotopic (exact) mass is 393 g/mol. The summed E-state index contributed by atoms with van der Waals surface area (Å²) in [5.74, 6) is 0.430. The van der Waals surface area contributed by atoms with Crippen LogP contribution in [0.25, 0.3) is 0 Å². The van der Waals surface area contributed by atoms with Crippen LogP contribution in [0.3, 0.4) is 0 Å². The van der Waals surface area contributed by atoms with Gasteiger partial charge in [-0.25, -0.2) is 12.7 Å². The van der Waals surface area contributed by atoms with Gasteiger partial charge in [-0.15, -0.1) is 0 Å². The van der Waals surface area contributed by atoms with Crippen molar-refractivity contribution in [3.63, 3.8) is 0 Å². The number of fused-ring (bicyclic) bond motifs is 1. The third kappa shape index (κ3) is 2.02. The van der Waals surface area contributed by atoms with Gasteiger partial charge in [-0.05, 0) is 60.6 Å². The molecule has 1 heterocycles. The Morgan fingerprint density at radius 2 is 1.88 bits per heavy atom. The number of carbonyl (C=O) groups is 1. The van der Waals surface area contributed by atoms with Gasteiger partial charge in [0.1, 0.15) is 0 Å². The fraction of sp³-hybridized carbons (Fsp3) is 0.650. The van der Waals surface area contributed by atoms with Gasteiger partial charge in [0.2, 0.25) is 15.9 Å². The number of nitrogens with zero attached hydrogens (tertiary/aromatic N) is 1. The van der Waals surface area contributed by atoms with Crippen LogP contribution in [0.15, 0.2) is 24.3 Å². The first-order chi connectivity index (χ1) is 12.2. The molecule has 4 fully saturated rings. The summed E-state index contributed by atoms with van der Waals surface area (Å²) in [5.41, 5.74) is 0.836. The largest absolute Gasteiger partial charge is 0.273 e. The van der Waals surface area contributed by atoms with Gasteiger partial charge in [0.25, 0.3) is 0 Å². The molecule has 5 rings (SSSR count). The highest BCUT2D eigenvalue weighted by Crippen LogP contribution is 2.70. The molecule has 140 valence electrons. The minimum Gasteiger partial charge on any atom is -0.273 e. The van der Waals surface area contributed by atoms with E-state index in [0.29, 0.717) is 10.9 Å². The second-order valence-corrected chi connectivity index (χ2v) is 11.5. The number of carbonyl (C=O) groups excluding carboxylic acids is 1. The Hall–Kier alpha value is -1.07. The zero-order valence-corrected chi connectivity index (χ0v) is 16.7. The van der Waals surface area contributed by atoms with Crippen molar-refractivity contribution in [2.75, 3.05) is 5.75 Å². The lowest BCUT2D eigenvalue weighted by Crippen LogP contribution is -2.44. The molecule has 4 nitrogen and oxygen atoms in total. The lowest BCUT2D eigenvalue weighted by molar-refractivity contribution is -0.130. The first-order valence-corrected chi connectivity index (χ1v) is 11.5. The van der Waals surface area contributed by atoms with E-state index in [1.54, 1.807) is 0 Å². The van der Waals surface area contributed by atoms with Gasteiger partial charge < -0.3 is 0 Å². The third-order valence-corrected chi connectivity index (χ3v) is 10.2. The van der Waals surface area contributed by atoms with Gasteiger partial charge in [-0.1, -0.05) is 37.6 Å². The molecule has 2 unspecified atom stereocenters. The molecule has 1 aliphatic heterocycles. The van der Waals surface area contributed by atoms with Crippen LogP contribution >= 0.6 is 11.6 Å². The lowest BCUT2D eigenvalue weighted by atomic mass is 9.69. The summed E-state index contributed by atoms with van der Waals surface area (Å²) in [4.78, 5) is 13.2. The van der Waals surface area contributed by atoms with Crippen LogP contribution in [0.2, 0.25) is 5.02 Å². The summed E-state index contributed by atoms with van der Waals surface area (Å²) < 4.78 is 27.3. The molecule has 3 aliphatic carbocycles. The van der Waals surface area contributed by atoms with E-state index in [9.17, 15) is 13.2 Å². The molecule has 2 bridgehead atoms. The van der Waals surface area contributed by atoms with E-state index in [1.165, 1.54) is 4.31 Å². The molecule has 1 aromatic carbocycles. The molecule has 6 heteroatoms. The number of halogens is 1. The highest BCUT2D eigenvalue weighted by molar-refractivity contribution is 7.90. The summed E-state index contributed by atoms with van der Waals surface area (Å²) in [5, 5.41) is 0.672. The van der Waals surface area contributed by atoms with Crippen molar-refractivity contribution >= 4 is 27.5 Å². The average Bonchev–Trinajstić information content (AvgIpc) is 3.22. The quantitative estimate of drug-likeness (QED) is 0.767. The molecule has 26 heavy (non-hydrogen) atoms. The van der Waals surface area contributed by atoms with E-state index in [0.717, 1.165) is 31.2 Å². The molecule has 1 spiro atoms. The molecule has 1 aromatic rings. The second-order valence-electron chi connectivity index (χ2n) is 9.26. The Kier molecular flexibility index (Phi) is 3.31. The van der Waals surface area contributed by atoms with Gasteiger partial charge >= 0.3 is 0 Å². The maximum atomic E-state index is 13.2. The van der Waals surface area contributed by atoms with E-state index < -0.39 is 10.0 Å². The summed E-state index contributed by atoms with van der Waals surface area (Å²) in [7, 11) is -3.52. The summed E-state index contributed by atoms with van der Waals surface area (Å²) >= 11 is 5.95. The Morgan fingerprint density at radius 3 is 2.54 bits per heavy atom. The van der Waals surface area contributed by atoms with E-state index in [-0.39, 0.29) is 40.4 Å². The number of amides is 1. The molecule has 4 aliphatic rings. The second kappa shape index (κ2) is 5.05. The van der Waals surface area contributed by atoms with Crippen LogP contribution < -0.4 is 0 Å². The predicted octanol–water partition coefficient (Wildman–Crippen LogP) is 3.81. The van der Waals surface area contributed by atoms with Crippen LogP contribution in [-0.4, -0.2) is 30.4 Å². The first kappa shape index (κ1) is 17.1. The average molecular weight is 394 g/mol. The van der Waals surface area contributed by atoms with Crippen molar-refractivity contribution in [1.82, 2.24) is 4.31 Å². The summed E-state index contributed by atoms with van der Waals surface area (Å²) in [6.45, 7) is 4.42. The van der Waals surface area contributed by atoms with Crippen molar-refractivity contribution in [2.45, 2.75) is 51.5 Å². The van der Waals surface area contributed by atoms with Crippen molar-refractivity contribution in [1.29, 1.82) is 0 Å². The number of hydrogen-bond donors (Lipinski definition) is 0. The molecule has 0 aromatic heterocycles. The SMILES string of the molecule is CC1(C)C2CC[C@]13CS(=O)(=O)N(C(=O)[C@H]1C[C@@H]1c1ccc(Cl)cc1)C3C2.